The SMILES string of the molecule is CCn1nccc1C(=O)N1CCC[C@H](c2n[nH]c(=O)n2-c2ccccc2)C1. The largest absolute Gasteiger partial charge is 0.347 e. The Morgan fingerprint density at radius 1 is 1.26 bits per heavy atom. The molecular formula is C19H22N6O2. The fourth-order valence-corrected chi connectivity index (χ4v) is 3.71. The molecule has 1 aromatic carbocycles. The smallest absolute Gasteiger partial charge is 0.337 e. The highest BCUT2D eigenvalue weighted by Crippen LogP contribution is 2.27. The van der Waals surface area contributed by atoms with Crippen molar-refractivity contribution in [2.75, 3.05) is 13.1 Å². The number of hydrogen-bond donors (Lipinski definition) is 1. The maximum absolute atomic E-state index is 12.9. The van der Waals surface area contributed by atoms with Crippen molar-refractivity contribution in [2.45, 2.75) is 32.2 Å². The zero-order valence-corrected chi connectivity index (χ0v) is 15.2. The Labute approximate surface area is 156 Å². The molecule has 8 nitrogen and oxygen atoms in total. The summed E-state index contributed by atoms with van der Waals surface area (Å²) in [6.45, 7) is 3.85. The van der Waals surface area contributed by atoms with Gasteiger partial charge in [-0.3, -0.25) is 9.48 Å². The first kappa shape index (κ1) is 17.3. The topological polar surface area (TPSA) is 88.8 Å². The third-order valence-corrected chi connectivity index (χ3v) is 5.02. The molecule has 140 valence electrons. The zero-order chi connectivity index (χ0) is 18.8. The lowest BCUT2D eigenvalue weighted by molar-refractivity contribution is 0.0691. The molecule has 2 aromatic heterocycles. The first-order valence-corrected chi connectivity index (χ1v) is 9.23. The summed E-state index contributed by atoms with van der Waals surface area (Å²) < 4.78 is 3.31. The van der Waals surface area contributed by atoms with Gasteiger partial charge in [-0.2, -0.15) is 10.2 Å². The van der Waals surface area contributed by atoms with Gasteiger partial charge in [-0.15, -0.1) is 0 Å². The van der Waals surface area contributed by atoms with Crippen molar-refractivity contribution < 1.29 is 4.79 Å². The Bertz CT molecular complexity index is 987. The maximum Gasteiger partial charge on any atom is 0.347 e. The lowest BCUT2D eigenvalue weighted by Crippen LogP contribution is -2.40. The number of aryl methyl sites for hydroxylation is 1. The summed E-state index contributed by atoms with van der Waals surface area (Å²) in [5.74, 6) is 0.649. The van der Waals surface area contributed by atoms with Crippen molar-refractivity contribution in [3.63, 3.8) is 0 Å². The molecule has 1 aliphatic rings. The van der Waals surface area contributed by atoms with Crippen molar-refractivity contribution in [3.05, 3.63) is 64.6 Å². The van der Waals surface area contributed by atoms with Crippen molar-refractivity contribution in [2.24, 2.45) is 0 Å². The van der Waals surface area contributed by atoms with Gasteiger partial charge >= 0.3 is 5.69 Å². The summed E-state index contributed by atoms with van der Waals surface area (Å²) in [6, 6.07) is 11.2. The van der Waals surface area contributed by atoms with E-state index in [0.29, 0.717) is 31.2 Å². The van der Waals surface area contributed by atoms with Crippen LogP contribution in [0.1, 0.15) is 42.0 Å². The molecule has 0 aliphatic carbocycles. The highest BCUT2D eigenvalue weighted by atomic mass is 16.2. The number of benzene rings is 1. The predicted molar refractivity (Wildman–Crippen MR) is 100.0 cm³/mol. The fraction of sp³-hybridized carbons (Fsp3) is 0.368. The molecule has 1 amide bonds. The summed E-state index contributed by atoms with van der Waals surface area (Å²) >= 11 is 0. The molecule has 1 fully saturated rings. The van der Waals surface area contributed by atoms with E-state index in [1.807, 2.05) is 42.2 Å². The first-order valence-electron chi connectivity index (χ1n) is 9.23. The van der Waals surface area contributed by atoms with Crippen LogP contribution in [0.5, 0.6) is 0 Å². The van der Waals surface area contributed by atoms with Gasteiger partial charge in [0.25, 0.3) is 5.91 Å². The standard InChI is InChI=1S/C19H22N6O2/c1-2-24-16(10-11-20-24)18(26)23-12-6-7-14(13-23)17-21-22-19(27)25(17)15-8-4-3-5-9-15/h3-5,8-11,14H,2,6-7,12-13H2,1H3,(H,22,27)/t14-/m0/s1. The van der Waals surface area contributed by atoms with E-state index in [4.69, 9.17) is 0 Å². The predicted octanol–water partition coefficient (Wildman–Crippen LogP) is 1.80. The van der Waals surface area contributed by atoms with Gasteiger partial charge in [0.2, 0.25) is 0 Å². The van der Waals surface area contributed by atoms with Crippen LogP contribution in [0.3, 0.4) is 0 Å². The molecule has 4 rings (SSSR count). The van der Waals surface area contributed by atoms with Crippen LogP contribution < -0.4 is 5.69 Å². The molecule has 0 bridgehead atoms. The van der Waals surface area contributed by atoms with E-state index in [9.17, 15) is 9.59 Å². The van der Waals surface area contributed by atoms with Crippen LogP contribution in [-0.2, 0) is 6.54 Å². The number of H-pyrrole nitrogens is 1. The quantitative estimate of drug-likeness (QED) is 0.762. The molecule has 0 saturated carbocycles. The number of likely N-dealkylation sites (tertiary alicyclic amines) is 1. The average Bonchev–Trinajstić information content (AvgIpc) is 3.34. The van der Waals surface area contributed by atoms with Crippen LogP contribution in [0, 0.1) is 0 Å². The Morgan fingerprint density at radius 2 is 2.07 bits per heavy atom. The summed E-state index contributed by atoms with van der Waals surface area (Å²) in [5.41, 5.74) is 1.11. The number of hydrogen-bond acceptors (Lipinski definition) is 4. The summed E-state index contributed by atoms with van der Waals surface area (Å²) in [7, 11) is 0. The van der Waals surface area contributed by atoms with Gasteiger partial charge in [0.15, 0.2) is 0 Å². The van der Waals surface area contributed by atoms with E-state index in [-0.39, 0.29) is 17.5 Å². The third-order valence-electron chi connectivity index (χ3n) is 5.02. The Hall–Kier alpha value is -3.16. The molecule has 0 spiro atoms. The van der Waals surface area contributed by atoms with Gasteiger partial charge in [-0.25, -0.2) is 14.5 Å². The van der Waals surface area contributed by atoms with Gasteiger partial charge in [0, 0.05) is 31.7 Å². The number of aromatic amines is 1. The molecule has 3 heterocycles. The second kappa shape index (κ2) is 7.22. The number of aromatic nitrogens is 5. The van der Waals surface area contributed by atoms with Gasteiger partial charge < -0.3 is 4.90 Å². The van der Waals surface area contributed by atoms with Crippen LogP contribution in [0.4, 0.5) is 0 Å². The zero-order valence-electron chi connectivity index (χ0n) is 15.2. The number of nitrogens with zero attached hydrogens (tertiary/aromatic N) is 5. The number of para-hydroxylation sites is 1. The van der Waals surface area contributed by atoms with Crippen molar-refractivity contribution >= 4 is 5.91 Å². The normalized spacial score (nSPS) is 17.2. The number of carbonyl (C=O) groups is 1. The van der Waals surface area contributed by atoms with E-state index in [1.54, 1.807) is 21.5 Å². The number of nitrogens with one attached hydrogen (secondary N) is 1. The molecule has 1 saturated heterocycles. The van der Waals surface area contributed by atoms with Crippen LogP contribution in [0.15, 0.2) is 47.4 Å². The van der Waals surface area contributed by atoms with E-state index in [2.05, 4.69) is 15.3 Å². The minimum atomic E-state index is -0.260. The van der Waals surface area contributed by atoms with Crippen LogP contribution >= 0.6 is 0 Å². The summed E-state index contributed by atoms with van der Waals surface area (Å²) in [4.78, 5) is 27.1. The minimum absolute atomic E-state index is 0.000135. The molecule has 1 aliphatic heterocycles. The molecule has 1 N–H and O–H groups in total. The van der Waals surface area contributed by atoms with Crippen LogP contribution in [0.2, 0.25) is 0 Å². The Morgan fingerprint density at radius 3 is 2.85 bits per heavy atom. The summed E-state index contributed by atoms with van der Waals surface area (Å²) in [5, 5.41) is 11.0. The average molecular weight is 366 g/mol. The van der Waals surface area contributed by atoms with E-state index in [1.165, 1.54) is 0 Å². The van der Waals surface area contributed by atoms with Crippen molar-refractivity contribution in [1.29, 1.82) is 0 Å². The molecule has 3 aromatic rings. The molecular weight excluding hydrogens is 344 g/mol. The Kier molecular flexibility index (Phi) is 4.62. The van der Waals surface area contributed by atoms with Gasteiger partial charge in [-0.1, -0.05) is 18.2 Å². The highest BCUT2D eigenvalue weighted by molar-refractivity contribution is 5.92. The molecule has 8 heteroatoms. The van der Waals surface area contributed by atoms with Gasteiger partial charge in [0.05, 0.1) is 5.69 Å². The second-order valence-electron chi connectivity index (χ2n) is 6.68. The van der Waals surface area contributed by atoms with E-state index in [0.717, 1.165) is 18.5 Å². The van der Waals surface area contributed by atoms with Gasteiger partial charge in [0.1, 0.15) is 11.5 Å². The lowest BCUT2D eigenvalue weighted by Gasteiger charge is -2.32. The lowest BCUT2D eigenvalue weighted by atomic mass is 9.96. The minimum Gasteiger partial charge on any atom is -0.337 e. The van der Waals surface area contributed by atoms with Crippen molar-refractivity contribution in [3.8, 4) is 5.69 Å². The highest BCUT2D eigenvalue weighted by Gasteiger charge is 2.30. The van der Waals surface area contributed by atoms with E-state index < -0.39 is 0 Å². The number of amides is 1. The fourth-order valence-electron chi connectivity index (χ4n) is 3.71. The third kappa shape index (κ3) is 3.18. The van der Waals surface area contributed by atoms with Crippen molar-refractivity contribution in [1.82, 2.24) is 29.4 Å². The van der Waals surface area contributed by atoms with E-state index >= 15 is 0 Å². The van der Waals surface area contributed by atoms with Crippen LogP contribution in [0.25, 0.3) is 5.69 Å². The second-order valence-corrected chi connectivity index (χ2v) is 6.68. The van der Waals surface area contributed by atoms with Crippen LogP contribution in [-0.4, -0.2) is 48.4 Å². The first-order chi connectivity index (χ1) is 13.2. The maximum atomic E-state index is 12.9. The molecule has 27 heavy (non-hydrogen) atoms. The Balaban J connectivity index is 1.61. The molecule has 1 atom stereocenters. The van der Waals surface area contributed by atoms with Gasteiger partial charge in [-0.05, 0) is 38.0 Å². The molecule has 0 unspecified atom stereocenters. The monoisotopic (exact) mass is 366 g/mol. The number of piperidine rings is 1. The summed E-state index contributed by atoms with van der Waals surface area (Å²) in [6.07, 6.45) is 3.40. The number of carbonyl (C=O) groups excluding carboxylic acids is 1. The number of rotatable bonds is 4. The molecule has 0 radical (unpaired) electrons.